The Labute approximate surface area is 151 Å². The second-order valence-electron chi connectivity index (χ2n) is 6.18. The molecular formula is C16H18ClN3O4S. The number of nitrogens with zero attached hydrogens (tertiary/aromatic N) is 2. The minimum Gasteiger partial charge on any atom is -0.486 e. The molecule has 2 aliphatic heterocycles. The number of imidazole rings is 1. The van der Waals surface area contributed by atoms with Gasteiger partial charge in [-0.25, -0.2) is 18.1 Å². The number of aromatic nitrogens is 2. The molecule has 0 amide bonds. The maximum Gasteiger partial charge on any atom is 0.242 e. The summed E-state index contributed by atoms with van der Waals surface area (Å²) in [4.78, 5) is 4.29. The van der Waals surface area contributed by atoms with E-state index in [9.17, 15) is 8.42 Å². The molecule has 0 saturated heterocycles. The Morgan fingerprint density at radius 1 is 1.28 bits per heavy atom. The summed E-state index contributed by atoms with van der Waals surface area (Å²) in [5, 5.41) is 0.122. The van der Waals surface area contributed by atoms with Crippen molar-refractivity contribution >= 4 is 21.6 Å². The van der Waals surface area contributed by atoms with E-state index in [1.807, 2.05) is 6.20 Å². The number of halogens is 1. The van der Waals surface area contributed by atoms with Gasteiger partial charge in [-0.15, -0.1) is 0 Å². The summed E-state index contributed by atoms with van der Waals surface area (Å²) in [7, 11) is -3.73. The van der Waals surface area contributed by atoms with Crippen LogP contribution in [0.5, 0.6) is 11.5 Å². The molecule has 0 radical (unpaired) electrons. The molecular weight excluding hydrogens is 366 g/mol. The highest BCUT2D eigenvalue weighted by atomic mass is 35.5. The van der Waals surface area contributed by atoms with Crippen molar-refractivity contribution in [1.29, 1.82) is 0 Å². The van der Waals surface area contributed by atoms with E-state index < -0.39 is 10.0 Å². The van der Waals surface area contributed by atoms with Crippen LogP contribution < -0.4 is 14.2 Å². The molecule has 1 atom stereocenters. The highest BCUT2D eigenvalue weighted by molar-refractivity contribution is 7.89. The maximum absolute atomic E-state index is 12.7. The Morgan fingerprint density at radius 3 is 2.84 bits per heavy atom. The van der Waals surface area contributed by atoms with E-state index in [1.165, 1.54) is 12.1 Å². The van der Waals surface area contributed by atoms with Crippen molar-refractivity contribution in [2.75, 3.05) is 19.8 Å². The van der Waals surface area contributed by atoms with Crippen molar-refractivity contribution in [2.45, 2.75) is 24.3 Å². The van der Waals surface area contributed by atoms with E-state index in [1.54, 1.807) is 6.20 Å². The lowest BCUT2D eigenvalue weighted by molar-refractivity contribution is 0.171. The Kier molecular flexibility index (Phi) is 4.35. The van der Waals surface area contributed by atoms with Gasteiger partial charge < -0.3 is 14.0 Å². The second kappa shape index (κ2) is 6.51. The van der Waals surface area contributed by atoms with Gasteiger partial charge in [-0.05, 0) is 12.3 Å². The third kappa shape index (κ3) is 3.33. The Balaban J connectivity index is 1.49. The molecule has 2 aromatic rings. The number of nitrogens with one attached hydrogen (secondary N) is 1. The topological polar surface area (TPSA) is 82.5 Å². The van der Waals surface area contributed by atoms with Gasteiger partial charge in [-0.2, -0.15) is 0 Å². The molecule has 0 saturated carbocycles. The zero-order chi connectivity index (χ0) is 17.4. The Hall–Kier alpha value is -1.77. The monoisotopic (exact) mass is 383 g/mol. The van der Waals surface area contributed by atoms with Crippen molar-refractivity contribution in [2.24, 2.45) is 5.92 Å². The van der Waals surface area contributed by atoms with Gasteiger partial charge in [0.25, 0.3) is 0 Å². The first-order valence-electron chi connectivity index (χ1n) is 8.12. The van der Waals surface area contributed by atoms with Crippen molar-refractivity contribution in [3.8, 4) is 11.5 Å². The minimum absolute atomic E-state index is 0.0116. The Bertz CT molecular complexity index is 897. The fraction of sp³-hybridized carbons (Fsp3) is 0.438. The van der Waals surface area contributed by atoms with Crippen molar-refractivity contribution < 1.29 is 17.9 Å². The van der Waals surface area contributed by atoms with Gasteiger partial charge in [-0.3, -0.25) is 0 Å². The first-order chi connectivity index (χ1) is 12.0. The molecule has 0 spiro atoms. The van der Waals surface area contributed by atoms with Gasteiger partial charge in [0.15, 0.2) is 11.5 Å². The van der Waals surface area contributed by atoms with Crippen LogP contribution in [0.15, 0.2) is 29.4 Å². The lowest BCUT2D eigenvalue weighted by Gasteiger charge is -2.24. The maximum atomic E-state index is 12.7. The number of fused-ring (bicyclic) bond motifs is 2. The van der Waals surface area contributed by atoms with Crippen LogP contribution >= 0.6 is 11.6 Å². The molecule has 1 N–H and O–H groups in total. The molecule has 1 aromatic heterocycles. The van der Waals surface area contributed by atoms with Crippen LogP contribution in [0.4, 0.5) is 0 Å². The largest absolute Gasteiger partial charge is 0.486 e. The number of ether oxygens (including phenoxy) is 2. The normalized spacial score (nSPS) is 19.5. The van der Waals surface area contributed by atoms with Gasteiger partial charge in [0, 0.05) is 44.0 Å². The zero-order valence-corrected chi connectivity index (χ0v) is 15.0. The molecule has 2 aliphatic rings. The third-order valence-corrected chi connectivity index (χ3v) is 6.37. The molecule has 0 aliphatic carbocycles. The van der Waals surface area contributed by atoms with E-state index in [2.05, 4.69) is 14.3 Å². The highest BCUT2D eigenvalue weighted by Crippen LogP contribution is 2.37. The van der Waals surface area contributed by atoms with E-state index in [4.69, 9.17) is 21.1 Å². The summed E-state index contributed by atoms with van der Waals surface area (Å²) in [6.45, 7) is 1.92. The van der Waals surface area contributed by atoms with Gasteiger partial charge in [0.2, 0.25) is 10.0 Å². The molecule has 25 heavy (non-hydrogen) atoms. The molecule has 1 unspecified atom stereocenters. The summed E-state index contributed by atoms with van der Waals surface area (Å²) in [5.41, 5.74) is 0. The van der Waals surface area contributed by atoms with Crippen LogP contribution in [0.2, 0.25) is 5.02 Å². The third-order valence-electron chi connectivity index (χ3n) is 4.48. The lowest BCUT2D eigenvalue weighted by atomic mass is 10.00. The SMILES string of the molecule is O=S(=O)(NCC1CCc2nccn2C1)c1cc2c(cc1Cl)OCCO2. The highest BCUT2D eigenvalue weighted by Gasteiger charge is 2.25. The smallest absolute Gasteiger partial charge is 0.242 e. The standard InChI is InChI=1S/C16H18ClN3O4S/c17-12-7-13-14(24-6-5-23-13)8-15(12)25(21,22)19-9-11-1-2-16-18-3-4-20(16)10-11/h3-4,7-8,11,19H,1-2,5-6,9-10H2. The molecule has 134 valence electrons. The van der Waals surface area contributed by atoms with Crippen LogP contribution in [-0.4, -0.2) is 37.7 Å². The average Bonchev–Trinajstić information content (AvgIpc) is 3.07. The molecule has 0 fully saturated rings. The molecule has 0 bridgehead atoms. The quantitative estimate of drug-likeness (QED) is 0.871. The number of rotatable bonds is 4. The van der Waals surface area contributed by atoms with Gasteiger partial charge in [0.05, 0.1) is 5.02 Å². The number of aryl methyl sites for hydroxylation is 1. The molecule has 3 heterocycles. The van der Waals surface area contributed by atoms with Crippen LogP contribution in [0.3, 0.4) is 0 Å². The summed E-state index contributed by atoms with van der Waals surface area (Å²) in [5.74, 6) is 2.13. The van der Waals surface area contributed by atoms with E-state index in [-0.39, 0.29) is 15.8 Å². The summed E-state index contributed by atoms with van der Waals surface area (Å²) in [6, 6.07) is 2.91. The van der Waals surface area contributed by atoms with Crippen LogP contribution in [-0.2, 0) is 23.0 Å². The fourth-order valence-electron chi connectivity index (χ4n) is 3.16. The second-order valence-corrected chi connectivity index (χ2v) is 8.32. The number of benzene rings is 1. The van der Waals surface area contributed by atoms with Crippen molar-refractivity contribution in [1.82, 2.24) is 14.3 Å². The number of sulfonamides is 1. The predicted molar refractivity (Wildman–Crippen MR) is 91.7 cm³/mol. The lowest BCUT2D eigenvalue weighted by Crippen LogP contribution is -2.33. The predicted octanol–water partition coefficient (Wildman–Crippen LogP) is 1.85. The Morgan fingerprint density at radius 2 is 2.04 bits per heavy atom. The van der Waals surface area contributed by atoms with Crippen LogP contribution in [0.25, 0.3) is 0 Å². The fourth-order valence-corrected chi connectivity index (χ4v) is 4.81. The average molecular weight is 384 g/mol. The number of hydrogen-bond acceptors (Lipinski definition) is 5. The zero-order valence-electron chi connectivity index (χ0n) is 13.4. The van der Waals surface area contributed by atoms with Crippen LogP contribution in [0, 0.1) is 5.92 Å². The molecule has 9 heteroatoms. The van der Waals surface area contributed by atoms with Gasteiger partial charge >= 0.3 is 0 Å². The van der Waals surface area contributed by atoms with Crippen molar-refractivity contribution in [3.63, 3.8) is 0 Å². The van der Waals surface area contributed by atoms with Gasteiger partial charge in [0.1, 0.15) is 23.9 Å². The first kappa shape index (κ1) is 16.7. The summed E-state index contributed by atoms with van der Waals surface area (Å²) >= 11 is 6.15. The molecule has 1 aromatic carbocycles. The van der Waals surface area contributed by atoms with Crippen LogP contribution in [0.1, 0.15) is 12.2 Å². The number of hydrogen-bond donors (Lipinski definition) is 1. The van der Waals surface area contributed by atoms with Gasteiger partial charge in [-0.1, -0.05) is 11.6 Å². The minimum atomic E-state index is -3.73. The van der Waals surface area contributed by atoms with E-state index in [0.29, 0.717) is 31.3 Å². The summed E-state index contributed by atoms with van der Waals surface area (Å²) < 4.78 is 40.9. The first-order valence-corrected chi connectivity index (χ1v) is 9.98. The van der Waals surface area contributed by atoms with Crippen molar-refractivity contribution in [3.05, 3.63) is 35.4 Å². The van der Waals surface area contributed by atoms with E-state index >= 15 is 0 Å². The molecule has 4 rings (SSSR count). The summed E-state index contributed by atoms with van der Waals surface area (Å²) in [6.07, 6.45) is 5.45. The molecule has 7 nitrogen and oxygen atoms in total. The van der Waals surface area contributed by atoms with E-state index in [0.717, 1.165) is 25.2 Å².